The quantitative estimate of drug-likeness (QED) is 0.316. The van der Waals surface area contributed by atoms with Crippen LogP contribution in [-0.2, 0) is 20.6 Å². The third-order valence-corrected chi connectivity index (χ3v) is 4.96. The Bertz CT molecular complexity index is 1240. The fourth-order valence-electron chi connectivity index (χ4n) is 3.01. The summed E-state index contributed by atoms with van der Waals surface area (Å²) >= 11 is 0. The standard InChI is InChI=1S/C23H20F3N5O5/c1-12(2)18(32)28-15-8-6-13(7-9-15)19(33)30-27-11-17-20(34)29-22(36)31(21(17)35)16-5-3-4-14(10-16)23(24,25)26/h3-12,17H,1-2H3,(H,28,32)(H,30,33)(H,29,34,36)/b27-11-/t17-/m0/s1. The van der Waals surface area contributed by atoms with E-state index in [0.29, 0.717) is 16.7 Å². The lowest BCUT2D eigenvalue weighted by atomic mass is 10.1. The normalized spacial score (nSPS) is 16.3. The van der Waals surface area contributed by atoms with Gasteiger partial charge in [-0.05, 0) is 42.5 Å². The average molecular weight is 503 g/mol. The molecule has 3 rings (SSSR count). The highest BCUT2D eigenvalue weighted by Crippen LogP contribution is 2.32. The largest absolute Gasteiger partial charge is 0.416 e. The summed E-state index contributed by atoms with van der Waals surface area (Å²) < 4.78 is 39.1. The number of imide groups is 2. The highest BCUT2D eigenvalue weighted by atomic mass is 19.4. The second kappa shape index (κ2) is 10.4. The van der Waals surface area contributed by atoms with E-state index in [1.54, 1.807) is 13.8 Å². The molecule has 1 aliphatic rings. The Labute approximate surface area is 202 Å². The van der Waals surface area contributed by atoms with Crippen LogP contribution in [0.5, 0.6) is 0 Å². The molecule has 10 nitrogen and oxygen atoms in total. The van der Waals surface area contributed by atoms with Gasteiger partial charge in [0.15, 0.2) is 5.92 Å². The number of rotatable bonds is 6. The van der Waals surface area contributed by atoms with Crippen molar-refractivity contribution in [1.29, 1.82) is 0 Å². The van der Waals surface area contributed by atoms with Gasteiger partial charge in [0, 0.05) is 23.4 Å². The Morgan fingerprint density at radius 2 is 1.75 bits per heavy atom. The first-order valence-electron chi connectivity index (χ1n) is 10.5. The summed E-state index contributed by atoms with van der Waals surface area (Å²) in [6.45, 7) is 3.45. The van der Waals surface area contributed by atoms with E-state index < -0.39 is 47.1 Å². The van der Waals surface area contributed by atoms with Gasteiger partial charge in [-0.15, -0.1) is 0 Å². The fourth-order valence-corrected chi connectivity index (χ4v) is 3.01. The van der Waals surface area contributed by atoms with Crippen molar-refractivity contribution in [3.05, 3.63) is 59.7 Å². The lowest BCUT2D eigenvalue weighted by Gasteiger charge is -2.28. The maximum atomic E-state index is 13.0. The lowest BCUT2D eigenvalue weighted by molar-refractivity contribution is -0.138. The molecule has 1 atom stereocenters. The molecule has 36 heavy (non-hydrogen) atoms. The van der Waals surface area contributed by atoms with Crippen molar-refractivity contribution >= 4 is 47.2 Å². The number of carbonyl (C=O) groups excluding carboxylic acids is 5. The molecular formula is C23H20F3N5O5. The first kappa shape index (κ1) is 26.1. The number of alkyl halides is 3. The average Bonchev–Trinajstić information content (AvgIpc) is 2.81. The van der Waals surface area contributed by atoms with E-state index in [2.05, 4.69) is 15.8 Å². The summed E-state index contributed by atoms with van der Waals surface area (Å²) in [5.74, 6) is -5.04. The van der Waals surface area contributed by atoms with Crippen LogP contribution in [0.2, 0.25) is 0 Å². The molecule has 1 fully saturated rings. The molecule has 0 spiro atoms. The molecule has 13 heteroatoms. The Kier molecular flexibility index (Phi) is 7.51. The number of carbonyl (C=O) groups is 5. The second-order valence-corrected chi connectivity index (χ2v) is 7.93. The lowest BCUT2D eigenvalue weighted by Crippen LogP contribution is -2.58. The molecular weight excluding hydrogens is 483 g/mol. The zero-order valence-corrected chi connectivity index (χ0v) is 18.9. The van der Waals surface area contributed by atoms with Crippen molar-refractivity contribution in [2.75, 3.05) is 10.2 Å². The number of hydrogen-bond donors (Lipinski definition) is 3. The highest BCUT2D eigenvalue weighted by molar-refractivity contribution is 6.32. The molecule has 0 unspecified atom stereocenters. The number of hydrogen-bond acceptors (Lipinski definition) is 6. The molecule has 0 radical (unpaired) electrons. The van der Waals surface area contributed by atoms with E-state index in [-0.39, 0.29) is 17.4 Å². The van der Waals surface area contributed by atoms with E-state index in [0.717, 1.165) is 24.4 Å². The van der Waals surface area contributed by atoms with Crippen LogP contribution in [0.15, 0.2) is 53.6 Å². The monoisotopic (exact) mass is 503 g/mol. The first-order valence-corrected chi connectivity index (χ1v) is 10.5. The number of urea groups is 1. The Morgan fingerprint density at radius 1 is 1.08 bits per heavy atom. The molecule has 188 valence electrons. The van der Waals surface area contributed by atoms with E-state index >= 15 is 0 Å². The van der Waals surface area contributed by atoms with Gasteiger partial charge in [-0.25, -0.2) is 15.1 Å². The third-order valence-electron chi connectivity index (χ3n) is 4.96. The maximum Gasteiger partial charge on any atom is 0.416 e. The van der Waals surface area contributed by atoms with Crippen molar-refractivity contribution in [3.8, 4) is 0 Å². The Hall–Kier alpha value is -4.55. The zero-order valence-electron chi connectivity index (χ0n) is 18.9. The molecule has 1 saturated heterocycles. The van der Waals surface area contributed by atoms with E-state index in [1.807, 2.05) is 5.32 Å². The van der Waals surface area contributed by atoms with Gasteiger partial charge in [-0.3, -0.25) is 24.5 Å². The number of benzene rings is 2. The molecule has 0 bridgehead atoms. The van der Waals surface area contributed by atoms with Gasteiger partial charge in [-0.2, -0.15) is 18.3 Å². The van der Waals surface area contributed by atoms with Crippen molar-refractivity contribution < 1.29 is 37.1 Å². The first-order chi connectivity index (χ1) is 16.9. The van der Waals surface area contributed by atoms with Crippen molar-refractivity contribution in [2.24, 2.45) is 16.9 Å². The van der Waals surface area contributed by atoms with Gasteiger partial charge in [0.05, 0.1) is 11.3 Å². The third kappa shape index (κ3) is 5.92. The van der Waals surface area contributed by atoms with Gasteiger partial charge in [-0.1, -0.05) is 19.9 Å². The summed E-state index contributed by atoms with van der Waals surface area (Å²) in [6.07, 6.45) is -3.95. The maximum absolute atomic E-state index is 13.0. The van der Waals surface area contributed by atoms with Crippen molar-refractivity contribution in [2.45, 2.75) is 20.0 Å². The Balaban J connectivity index is 1.70. The minimum Gasteiger partial charge on any atom is -0.326 e. The van der Waals surface area contributed by atoms with E-state index in [4.69, 9.17) is 0 Å². The van der Waals surface area contributed by atoms with Crippen molar-refractivity contribution in [3.63, 3.8) is 0 Å². The van der Waals surface area contributed by atoms with Crippen LogP contribution >= 0.6 is 0 Å². The van der Waals surface area contributed by atoms with Crippen LogP contribution in [0.3, 0.4) is 0 Å². The molecule has 0 aromatic heterocycles. The summed E-state index contributed by atoms with van der Waals surface area (Å²) in [6, 6.07) is 8.06. The van der Waals surface area contributed by atoms with Crippen LogP contribution in [0, 0.1) is 11.8 Å². The highest BCUT2D eigenvalue weighted by Gasteiger charge is 2.41. The summed E-state index contributed by atoms with van der Waals surface area (Å²) in [4.78, 5) is 61.5. The van der Waals surface area contributed by atoms with E-state index in [1.165, 1.54) is 24.3 Å². The number of halogens is 3. The molecule has 2 aromatic rings. The minimum atomic E-state index is -4.72. The van der Waals surface area contributed by atoms with Crippen LogP contribution in [-0.4, -0.2) is 35.9 Å². The SMILES string of the molecule is CC(C)C(=O)Nc1ccc(C(=O)N/N=C\[C@H]2C(=O)NC(=O)N(c3cccc(C(F)(F)F)c3)C2=O)cc1. The number of nitrogens with zero attached hydrogens (tertiary/aromatic N) is 2. The van der Waals surface area contributed by atoms with Crippen LogP contribution < -0.4 is 21.0 Å². The van der Waals surface area contributed by atoms with Crippen LogP contribution in [0.1, 0.15) is 29.8 Å². The van der Waals surface area contributed by atoms with Gasteiger partial charge in [0.25, 0.3) is 11.8 Å². The molecule has 2 aromatic carbocycles. The number of amides is 6. The minimum absolute atomic E-state index is 0.148. The molecule has 1 aliphatic heterocycles. The molecule has 6 amide bonds. The van der Waals surface area contributed by atoms with Crippen LogP contribution in [0.4, 0.5) is 29.3 Å². The number of nitrogens with one attached hydrogen (secondary N) is 3. The number of hydrazone groups is 1. The predicted octanol–water partition coefficient (Wildman–Crippen LogP) is 2.91. The topological polar surface area (TPSA) is 137 Å². The molecule has 3 N–H and O–H groups in total. The predicted molar refractivity (Wildman–Crippen MR) is 122 cm³/mol. The van der Waals surface area contributed by atoms with Gasteiger partial charge in [0.2, 0.25) is 11.8 Å². The smallest absolute Gasteiger partial charge is 0.326 e. The summed E-state index contributed by atoms with van der Waals surface area (Å²) in [7, 11) is 0. The Morgan fingerprint density at radius 3 is 2.36 bits per heavy atom. The molecule has 0 saturated carbocycles. The number of barbiturate groups is 1. The molecule has 1 heterocycles. The fraction of sp³-hybridized carbons (Fsp3) is 0.217. The van der Waals surface area contributed by atoms with E-state index in [9.17, 15) is 37.1 Å². The van der Waals surface area contributed by atoms with Gasteiger partial charge >= 0.3 is 12.2 Å². The van der Waals surface area contributed by atoms with Crippen LogP contribution in [0.25, 0.3) is 0 Å². The van der Waals surface area contributed by atoms with Gasteiger partial charge in [0.1, 0.15) is 0 Å². The summed E-state index contributed by atoms with van der Waals surface area (Å²) in [5.41, 5.74) is 1.25. The van der Waals surface area contributed by atoms with Crippen molar-refractivity contribution in [1.82, 2.24) is 10.7 Å². The molecule has 0 aliphatic carbocycles. The number of anilines is 2. The van der Waals surface area contributed by atoms with Gasteiger partial charge < -0.3 is 5.32 Å². The zero-order chi connectivity index (χ0) is 26.6. The second-order valence-electron chi connectivity index (χ2n) is 7.93. The summed E-state index contributed by atoms with van der Waals surface area (Å²) in [5, 5.41) is 8.12.